The molecule has 90 valence electrons. The van der Waals surface area contributed by atoms with Gasteiger partial charge < -0.3 is 0 Å². The number of carbonyl (C=O) groups is 2. The summed E-state index contributed by atoms with van der Waals surface area (Å²) in [6.45, 7) is 3.59. The maximum atomic E-state index is 11.6. The monoisotopic (exact) mass is 258 g/mol. The first-order valence-electron chi connectivity index (χ1n) is 5.01. The smallest absolute Gasteiger partial charge is 0.159 e. The van der Waals surface area contributed by atoms with Crippen LogP contribution in [0.3, 0.4) is 0 Å². The summed E-state index contributed by atoms with van der Waals surface area (Å²) in [5.74, 6) is -0.509. The van der Waals surface area contributed by atoms with E-state index >= 15 is 0 Å². The number of hydrogen-bond acceptors (Lipinski definition) is 4. The molecule has 0 fully saturated rings. The molecule has 2 atom stereocenters. The minimum absolute atomic E-state index is 0.00718. The van der Waals surface area contributed by atoms with Gasteiger partial charge in [0.05, 0.1) is 0 Å². The molecule has 0 aromatic carbocycles. The number of thioether (sulfide) groups is 2. The van der Waals surface area contributed by atoms with E-state index in [4.69, 9.17) is 0 Å². The third-order valence-corrected chi connectivity index (χ3v) is 3.20. The number of ketones is 2. The zero-order valence-electron chi connectivity index (χ0n) is 10.1. The van der Waals surface area contributed by atoms with E-state index in [1.165, 1.54) is 35.7 Å². The topological polar surface area (TPSA) is 34.1 Å². The first-order valence-corrected chi connectivity index (χ1v) is 7.58. The average molecular weight is 258 g/mol. The summed E-state index contributed by atoms with van der Waals surface area (Å²) in [4.78, 5) is 23.3. The van der Waals surface area contributed by atoms with Crippen LogP contribution >= 0.6 is 23.5 Å². The second-order valence-corrected chi connectivity index (χ2v) is 4.95. The summed E-state index contributed by atoms with van der Waals surface area (Å²) in [5.41, 5.74) is 0. The van der Waals surface area contributed by atoms with Crippen LogP contribution in [-0.4, -0.2) is 24.1 Å². The van der Waals surface area contributed by atoms with E-state index in [9.17, 15) is 9.59 Å². The second-order valence-electron chi connectivity index (χ2n) is 3.46. The van der Waals surface area contributed by atoms with Gasteiger partial charge in [0.25, 0.3) is 0 Å². The summed E-state index contributed by atoms with van der Waals surface area (Å²) >= 11 is 2.96. The van der Waals surface area contributed by atoms with Crippen molar-refractivity contribution < 1.29 is 9.59 Å². The van der Waals surface area contributed by atoms with E-state index in [-0.39, 0.29) is 23.4 Å². The Kier molecular flexibility index (Phi) is 8.39. The van der Waals surface area contributed by atoms with Crippen LogP contribution in [0.5, 0.6) is 0 Å². The second kappa shape index (κ2) is 8.65. The molecule has 2 nitrogen and oxygen atoms in total. The number of allylic oxidation sites excluding steroid dienone is 2. The molecule has 4 heteroatoms. The van der Waals surface area contributed by atoms with Gasteiger partial charge in [-0.15, -0.1) is 23.5 Å². The van der Waals surface area contributed by atoms with Gasteiger partial charge in [0.2, 0.25) is 0 Å². The van der Waals surface area contributed by atoms with Crippen LogP contribution in [0.2, 0.25) is 0 Å². The molecule has 0 spiro atoms. The highest BCUT2D eigenvalue weighted by atomic mass is 32.2. The zero-order valence-corrected chi connectivity index (χ0v) is 11.7. The lowest BCUT2D eigenvalue weighted by Gasteiger charge is -2.13. The Hall–Kier alpha value is -0.480. The molecule has 0 radical (unpaired) electrons. The fraction of sp³-hybridized carbons (Fsp3) is 0.500. The largest absolute Gasteiger partial charge is 0.295 e. The maximum absolute atomic E-state index is 11.6. The van der Waals surface area contributed by atoms with E-state index in [1.807, 2.05) is 12.5 Å². The zero-order chi connectivity index (χ0) is 12.6. The molecule has 0 heterocycles. The van der Waals surface area contributed by atoms with E-state index in [1.54, 1.807) is 24.7 Å². The molecule has 0 bridgehead atoms. The number of hydrogen-bond donors (Lipinski definition) is 0. The van der Waals surface area contributed by atoms with Gasteiger partial charge in [0.1, 0.15) is 0 Å². The molecule has 0 saturated heterocycles. The summed E-state index contributed by atoms with van der Waals surface area (Å²) in [7, 11) is 0. The van der Waals surface area contributed by atoms with Crippen molar-refractivity contribution in [1.29, 1.82) is 0 Å². The lowest BCUT2D eigenvalue weighted by atomic mass is 9.88. The first kappa shape index (κ1) is 15.5. The van der Waals surface area contributed by atoms with Crippen molar-refractivity contribution in [1.82, 2.24) is 0 Å². The van der Waals surface area contributed by atoms with Crippen LogP contribution in [0.25, 0.3) is 0 Å². The van der Waals surface area contributed by atoms with Crippen molar-refractivity contribution in [3.63, 3.8) is 0 Å². The third kappa shape index (κ3) is 5.56. The Labute approximate surface area is 106 Å². The molecule has 0 aromatic rings. The van der Waals surface area contributed by atoms with Crippen molar-refractivity contribution >= 4 is 35.1 Å². The maximum Gasteiger partial charge on any atom is 0.159 e. The van der Waals surface area contributed by atoms with Crippen LogP contribution in [0.1, 0.15) is 13.8 Å². The van der Waals surface area contributed by atoms with E-state index in [2.05, 4.69) is 0 Å². The molecular weight excluding hydrogens is 240 g/mol. The molecule has 0 aliphatic heterocycles. The predicted octanol–water partition coefficient (Wildman–Crippen LogP) is 3.15. The van der Waals surface area contributed by atoms with Crippen molar-refractivity contribution in [2.75, 3.05) is 12.5 Å². The molecule has 1 unspecified atom stereocenters. The Balaban J connectivity index is 4.42. The fourth-order valence-electron chi connectivity index (χ4n) is 1.07. The van der Waals surface area contributed by atoms with Crippen molar-refractivity contribution in [3.8, 4) is 0 Å². The van der Waals surface area contributed by atoms with Gasteiger partial charge in [0, 0.05) is 11.8 Å². The molecule has 0 aliphatic carbocycles. The normalized spacial score (nSPS) is 15.5. The quantitative estimate of drug-likeness (QED) is 0.657. The predicted molar refractivity (Wildman–Crippen MR) is 73.7 cm³/mol. The highest BCUT2D eigenvalue weighted by molar-refractivity contribution is 8.01. The third-order valence-electron chi connectivity index (χ3n) is 2.38. The Morgan fingerprint density at radius 2 is 1.19 bits per heavy atom. The Morgan fingerprint density at radius 1 is 0.875 bits per heavy atom. The SMILES string of the molecule is CS/C=C/C(=O)C(C)[C@H](C)C(=O)/C=C/SC. The van der Waals surface area contributed by atoms with Crippen LogP contribution in [0, 0.1) is 11.8 Å². The van der Waals surface area contributed by atoms with E-state index in [0.717, 1.165) is 0 Å². The molecule has 0 saturated carbocycles. The van der Waals surface area contributed by atoms with E-state index in [0.29, 0.717) is 0 Å². The molecule has 0 N–H and O–H groups in total. The highest BCUT2D eigenvalue weighted by Gasteiger charge is 2.22. The lowest BCUT2D eigenvalue weighted by molar-refractivity contribution is -0.126. The number of carbonyl (C=O) groups excluding carboxylic acids is 2. The van der Waals surface area contributed by atoms with Crippen LogP contribution < -0.4 is 0 Å². The Morgan fingerprint density at radius 3 is 1.44 bits per heavy atom. The highest BCUT2D eigenvalue weighted by Crippen LogP contribution is 2.15. The molecule has 0 amide bonds. The van der Waals surface area contributed by atoms with Crippen LogP contribution in [0.4, 0.5) is 0 Å². The standard InChI is InChI=1S/C12H18O2S2/c1-9(11(13)5-7-15-3)10(2)12(14)6-8-16-4/h5-10H,1-4H3/b7-5+,8-6+/t9-,10?/m0/s1. The average Bonchev–Trinajstić information content (AvgIpc) is 2.30. The minimum Gasteiger partial charge on any atom is -0.295 e. The fourth-order valence-corrected chi connectivity index (χ4v) is 1.61. The van der Waals surface area contributed by atoms with Gasteiger partial charge in [-0.1, -0.05) is 13.8 Å². The van der Waals surface area contributed by atoms with Gasteiger partial charge in [-0.2, -0.15) is 0 Å². The van der Waals surface area contributed by atoms with Crippen molar-refractivity contribution in [3.05, 3.63) is 23.0 Å². The summed E-state index contributed by atoms with van der Waals surface area (Å²) in [6.07, 6.45) is 6.86. The van der Waals surface area contributed by atoms with Crippen LogP contribution in [0.15, 0.2) is 23.0 Å². The van der Waals surface area contributed by atoms with E-state index < -0.39 is 0 Å². The van der Waals surface area contributed by atoms with Gasteiger partial charge in [0.15, 0.2) is 11.6 Å². The molecule has 0 aliphatic rings. The molecule has 16 heavy (non-hydrogen) atoms. The molecule has 0 aromatic heterocycles. The minimum atomic E-state index is -0.262. The van der Waals surface area contributed by atoms with Crippen LogP contribution in [-0.2, 0) is 9.59 Å². The summed E-state index contributed by atoms with van der Waals surface area (Å²) in [6, 6.07) is 0. The van der Waals surface area contributed by atoms with Gasteiger partial charge in [-0.05, 0) is 35.5 Å². The first-order chi connectivity index (χ1) is 7.54. The van der Waals surface area contributed by atoms with Crippen molar-refractivity contribution in [2.24, 2.45) is 11.8 Å². The summed E-state index contributed by atoms with van der Waals surface area (Å²) < 4.78 is 0. The number of rotatable bonds is 7. The van der Waals surface area contributed by atoms with Gasteiger partial charge in [-0.3, -0.25) is 9.59 Å². The van der Waals surface area contributed by atoms with Crippen molar-refractivity contribution in [2.45, 2.75) is 13.8 Å². The van der Waals surface area contributed by atoms with Gasteiger partial charge >= 0.3 is 0 Å². The van der Waals surface area contributed by atoms with Gasteiger partial charge in [-0.25, -0.2) is 0 Å². The summed E-state index contributed by atoms with van der Waals surface area (Å²) in [5, 5.41) is 3.49. The molecular formula is C12H18O2S2. The lowest BCUT2D eigenvalue weighted by Crippen LogP contribution is -2.23. The molecule has 0 rings (SSSR count). The Bertz CT molecular complexity index is 265.